The van der Waals surface area contributed by atoms with Crippen LogP contribution in [-0.2, 0) is 11.2 Å². The van der Waals surface area contributed by atoms with Gasteiger partial charge in [0.15, 0.2) is 0 Å². The Morgan fingerprint density at radius 2 is 2.07 bits per heavy atom. The highest BCUT2D eigenvalue weighted by Gasteiger charge is 2.12. The van der Waals surface area contributed by atoms with Gasteiger partial charge in [0.25, 0.3) is 0 Å². The topological polar surface area (TPSA) is 63.3 Å². The van der Waals surface area contributed by atoms with Crippen molar-refractivity contribution in [3.8, 4) is 0 Å². The van der Waals surface area contributed by atoms with Gasteiger partial charge in [0.05, 0.1) is 0 Å². The molecule has 14 heavy (non-hydrogen) atoms. The van der Waals surface area contributed by atoms with Crippen molar-refractivity contribution in [1.82, 2.24) is 0 Å². The molecule has 0 radical (unpaired) electrons. The second kappa shape index (κ2) is 6.01. The van der Waals surface area contributed by atoms with E-state index in [1.807, 2.05) is 24.3 Å². The van der Waals surface area contributed by atoms with Crippen LogP contribution in [0.15, 0.2) is 28.7 Å². The average molecular weight is 281 g/mol. The number of carboxylic acid groups (broad SMARTS) is 1. The van der Waals surface area contributed by atoms with E-state index >= 15 is 0 Å². The lowest BCUT2D eigenvalue weighted by Crippen LogP contribution is -2.32. The van der Waals surface area contributed by atoms with E-state index in [-0.39, 0.29) is 12.4 Å². The number of hydrogen-bond donors (Lipinski definition) is 2. The molecule has 0 fully saturated rings. The number of aliphatic carboxylic acids is 1. The highest BCUT2D eigenvalue weighted by Crippen LogP contribution is 2.16. The summed E-state index contributed by atoms with van der Waals surface area (Å²) in [5, 5.41) is 8.59. The van der Waals surface area contributed by atoms with Crippen LogP contribution in [-0.4, -0.2) is 17.1 Å². The first-order valence-corrected chi connectivity index (χ1v) is 4.62. The number of carbonyl (C=O) groups is 1. The molecule has 0 bridgehead atoms. The summed E-state index contributed by atoms with van der Waals surface area (Å²) < 4.78 is 0.895. The van der Waals surface area contributed by atoms with Gasteiger partial charge in [0.1, 0.15) is 6.04 Å². The van der Waals surface area contributed by atoms with Crippen LogP contribution in [0.4, 0.5) is 0 Å². The van der Waals surface area contributed by atoms with Crippen LogP contribution >= 0.6 is 28.3 Å². The maximum atomic E-state index is 10.5. The smallest absolute Gasteiger partial charge is 0.320 e. The van der Waals surface area contributed by atoms with Gasteiger partial charge < -0.3 is 10.8 Å². The third-order valence-corrected chi connectivity index (χ3v) is 2.49. The van der Waals surface area contributed by atoms with Gasteiger partial charge >= 0.3 is 5.97 Å². The van der Waals surface area contributed by atoms with Gasteiger partial charge in [0.2, 0.25) is 0 Å². The quantitative estimate of drug-likeness (QED) is 0.888. The molecule has 1 rings (SSSR count). The van der Waals surface area contributed by atoms with Gasteiger partial charge in [-0.1, -0.05) is 34.1 Å². The molecule has 5 heteroatoms. The summed E-state index contributed by atoms with van der Waals surface area (Å²) in [7, 11) is 0. The van der Waals surface area contributed by atoms with Crippen LogP contribution in [0.3, 0.4) is 0 Å². The fourth-order valence-corrected chi connectivity index (χ4v) is 1.43. The fraction of sp³-hybridized carbons (Fsp3) is 0.222. The molecule has 1 aromatic rings. The predicted molar refractivity (Wildman–Crippen MR) is 60.7 cm³/mol. The van der Waals surface area contributed by atoms with E-state index < -0.39 is 12.0 Å². The Hall–Kier alpha value is -0.580. The molecule has 0 amide bonds. The molecule has 0 spiro atoms. The zero-order valence-electron chi connectivity index (χ0n) is 7.31. The van der Waals surface area contributed by atoms with E-state index in [1.54, 1.807) is 0 Å². The lowest BCUT2D eigenvalue weighted by molar-refractivity contribution is -0.138. The highest BCUT2D eigenvalue weighted by atomic mass is 79.9. The minimum atomic E-state index is -0.976. The monoisotopic (exact) mass is 279 g/mol. The van der Waals surface area contributed by atoms with Crippen molar-refractivity contribution >= 4 is 34.3 Å². The lowest BCUT2D eigenvalue weighted by Gasteiger charge is -2.07. The largest absolute Gasteiger partial charge is 0.480 e. The van der Waals surface area contributed by atoms with Crippen molar-refractivity contribution < 1.29 is 9.90 Å². The summed E-state index contributed by atoms with van der Waals surface area (Å²) in [4.78, 5) is 10.5. The Bertz CT molecular complexity index is 319. The minimum absolute atomic E-state index is 0. The van der Waals surface area contributed by atoms with Crippen molar-refractivity contribution in [2.75, 3.05) is 0 Å². The first-order valence-electron chi connectivity index (χ1n) is 3.83. The predicted octanol–water partition coefficient (Wildman–Crippen LogP) is 1.83. The molecule has 0 aromatic heterocycles. The molecule has 0 aliphatic carbocycles. The third kappa shape index (κ3) is 3.65. The van der Waals surface area contributed by atoms with Crippen molar-refractivity contribution in [2.45, 2.75) is 12.5 Å². The fourth-order valence-electron chi connectivity index (χ4n) is 0.988. The van der Waals surface area contributed by atoms with Crippen molar-refractivity contribution in [3.05, 3.63) is 34.3 Å². The summed E-state index contributed by atoms with van der Waals surface area (Å²) in [6.45, 7) is 0. The van der Waals surface area contributed by atoms with Gasteiger partial charge in [-0.05, 0) is 18.1 Å². The van der Waals surface area contributed by atoms with Gasteiger partial charge in [-0.2, -0.15) is 0 Å². The van der Waals surface area contributed by atoms with Gasteiger partial charge in [-0.25, -0.2) is 0 Å². The Balaban J connectivity index is 0.00000169. The molecule has 0 unspecified atom stereocenters. The molecule has 0 aliphatic rings. The highest BCUT2D eigenvalue weighted by molar-refractivity contribution is 9.10. The molecule has 0 saturated carbocycles. The minimum Gasteiger partial charge on any atom is -0.480 e. The van der Waals surface area contributed by atoms with Crippen LogP contribution in [0.1, 0.15) is 5.56 Å². The summed E-state index contributed by atoms with van der Waals surface area (Å²) >= 11 is 3.33. The van der Waals surface area contributed by atoms with Crippen molar-refractivity contribution in [3.63, 3.8) is 0 Å². The van der Waals surface area contributed by atoms with E-state index in [4.69, 9.17) is 10.8 Å². The van der Waals surface area contributed by atoms with E-state index in [2.05, 4.69) is 15.9 Å². The number of hydrogen-bond acceptors (Lipinski definition) is 2. The normalized spacial score (nSPS) is 11.6. The van der Waals surface area contributed by atoms with Crippen LogP contribution in [0.25, 0.3) is 0 Å². The molecular formula is C9H11BrClNO2. The number of benzene rings is 1. The van der Waals surface area contributed by atoms with Crippen LogP contribution in [0, 0.1) is 0 Å². The molecule has 3 N–H and O–H groups in total. The summed E-state index contributed by atoms with van der Waals surface area (Å²) in [6.07, 6.45) is 0.344. The van der Waals surface area contributed by atoms with E-state index in [0.29, 0.717) is 6.42 Å². The second-order valence-corrected chi connectivity index (χ2v) is 3.59. The SMILES string of the molecule is Cl.N[C@@H](Cc1ccccc1Br)C(=O)O. The lowest BCUT2D eigenvalue weighted by atomic mass is 10.1. The Labute approximate surface area is 96.8 Å². The van der Waals surface area contributed by atoms with Gasteiger partial charge in [-0.3, -0.25) is 4.79 Å². The van der Waals surface area contributed by atoms with Crippen LogP contribution in [0.2, 0.25) is 0 Å². The Morgan fingerprint density at radius 1 is 1.50 bits per heavy atom. The van der Waals surface area contributed by atoms with E-state index in [1.165, 1.54) is 0 Å². The second-order valence-electron chi connectivity index (χ2n) is 2.74. The maximum absolute atomic E-state index is 10.5. The molecule has 0 saturated heterocycles. The molecule has 1 aromatic carbocycles. The van der Waals surface area contributed by atoms with Crippen LogP contribution in [0.5, 0.6) is 0 Å². The molecule has 0 aliphatic heterocycles. The zero-order chi connectivity index (χ0) is 9.84. The van der Waals surface area contributed by atoms with Crippen LogP contribution < -0.4 is 5.73 Å². The number of halogens is 2. The average Bonchev–Trinajstić information content (AvgIpc) is 2.08. The zero-order valence-corrected chi connectivity index (χ0v) is 9.72. The molecule has 0 heterocycles. The molecule has 78 valence electrons. The first kappa shape index (κ1) is 13.4. The van der Waals surface area contributed by atoms with E-state index in [9.17, 15) is 4.79 Å². The number of nitrogens with two attached hydrogens (primary N) is 1. The Kier molecular flexibility index (Phi) is 5.76. The first-order chi connectivity index (χ1) is 6.11. The summed E-state index contributed by atoms with van der Waals surface area (Å²) in [5.41, 5.74) is 6.31. The summed E-state index contributed by atoms with van der Waals surface area (Å²) in [5.74, 6) is -0.976. The van der Waals surface area contributed by atoms with Gasteiger partial charge in [-0.15, -0.1) is 12.4 Å². The number of carboxylic acids is 1. The van der Waals surface area contributed by atoms with Crippen molar-refractivity contribution in [1.29, 1.82) is 0 Å². The summed E-state index contributed by atoms with van der Waals surface area (Å²) in [6, 6.07) is 6.62. The van der Waals surface area contributed by atoms with E-state index in [0.717, 1.165) is 10.0 Å². The molecule has 1 atom stereocenters. The Morgan fingerprint density at radius 3 is 2.57 bits per heavy atom. The molecular weight excluding hydrogens is 269 g/mol. The van der Waals surface area contributed by atoms with Gasteiger partial charge in [0, 0.05) is 4.47 Å². The maximum Gasteiger partial charge on any atom is 0.320 e. The number of rotatable bonds is 3. The third-order valence-electron chi connectivity index (χ3n) is 1.71. The van der Waals surface area contributed by atoms with Crippen molar-refractivity contribution in [2.24, 2.45) is 5.73 Å². The molecule has 3 nitrogen and oxygen atoms in total. The standard InChI is InChI=1S/C9H10BrNO2.ClH/c10-7-4-2-1-3-6(7)5-8(11)9(12)13;/h1-4,8H,5,11H2,(H,12,13);1H/t8-;/m0./s1.